The standard InChI is InChI=1S/C22H24FN7.C2HF3O2/c1-13-11-30-12-15(8-18(23)22(30)25-13)26-21-20-17(14-2-3-14)9-16(10-19(20)27-28-21)29-6-4-24-5-7-29;3-2(4,5)1(6)7/h8-12,14,24H,2-7H2,1H3,(H2,26,27,28);(H,6,7). The van der Waals surface area contributed by atoms with Crippen molar-refractivity contribution < 1.29 is 27.5 Å². The van der Waals surface area contributed by atoms with Crippen molar-refractivity contribution in [2.75, 3.05) is 36.4 Å². The summed E-state index contributed by atoms with van der Waals surface area (Å²) in [5.74, 6) is -1.79. The number of alkyl halides is 3. The summed E-state index contributed by atoms with van der Waals surface area (Å²) < 4.78 is 48.0. The lowest BCUT2D eigenvalue weighted by atomic mass is 10.0. The molecule has 9 nitrogen and oxygen atoms in total. The van der Waals surface area contributed by atoms with Crippen LogP contribution in [0.1, 0.15) is 30.0 Å². The monoisotopic (exact) mass is 519 g/mol. The van der Waals surface area contributed by atoms with Gasteiger partial charge in [-0.05, 0) is 43.4 Å². The molecule has 1 saturated carbocycles. The van der Waals surface area contributed by atoms with E-state index in [2.05, 4.69) is 42.8 Å². The third kappa shape index (κ3) is 5.31. The number of imidazole rings is 1. The fraction of sp³-hybridized carbons (Fsp3) is 0.375. The predicted molar refractivity (Wildman–Crippen MR) is 130 cm³/mol. The van der Waals surface area contributed by atoms with Crippen molar-refractivity contribution in [1.29, 1.82) is 0 Å². The van der Waals surface area contributed by atoms with E-state index in [1.165, 1.54) is 30.2 Å². The summed E-state index contributed by atoms with van der Waals surface area (Å²) in [6, 6.07) is 6.00. The van der Waals surface area contributed by atoms with Gasteiger partial charge in [-0.1, -0.05) is 0 Å². The molecule has 0 amide bonds. The molecule has 2 fully saturated rings. The molecular formula is C24H25F4N7O2. The highest BCUT2D eigenvalue weighted by atomic mass is 19.4. The first-order chi connectivity index (χ1) is 17.6. The number of anilines is 3. The van der Waals surface area contributed by atoms with Gasteiger partial charge in [-0.25, -0.2) is 14.2 Å². The number of carboxylic acids is 1. The van der Waals surface area contributed by atoms with Crippen LogP contribution in [0.3, 0.4) is 0 Å². The highest BCUT2D eigenvalue weighted by Crippen LogP contribution is 2.46. The number of rotatable bonds is 4. The molecule has 6 rings (SSSR count). The van der Waals surface area contributed by atoms with Gasteiger partial charge in [-0.2, -0.15) is 18.3 Å². The zero-order valence-corrected chi connectivity index (χ0v) is 19.9. The van der Waals surface area contributed by atoms with Gasteiger partial charge in [-0.15, -0.1) is 0 Å². The molecule has 3 aromatic heterocycles. The largest absolute Gasteiger partial charge is 0.490 e. The van der Waals surface area contributed by atoms with Crippen LogP contribution in [0.15, 0.2) is 30.6 Å². The number of carboxylic acid groups (broad SMARTS) is 1. The van der Waals surface area contributed by atoms with E-state index >= 15 is 0 Å². The lowest BCUT2D eigenvalue weighted by Gasteiger charge is -2.30. The third-order valence-corrected chi connectivity index (χ3v) is 6.31. The maximum Gasteiger partial charge on any atom is 0.490 e. The molecule has 2 aliphatic rings. The van der Waals surface area contributed by atoms with Crippen LogP contribution in [0, 0.1) is 12.7 Å². The van der Waals surface area contributed by atoms with Crippen LogP contribution in [-0.4, -0.2) is 63.0 Å². The molecule has 0 unspecified atom stereocenters. The molecule has 13 heteroatoms. The second kappa shape index (κ2) is 9.54. The minimum atomic E-state index is -5.08. The number of nitrogens with one attached hydrogen (secondary N) is 3. The molecule has 0 spiro atoms. The summed E-state index contributed by atoms with van der Waals surface area (Å²) in [7, 11) is 0. The molecule has 4 N–H and O–H groups in total. The number of aryl methyl sites for hydroxylation is 1. The van der Waals surface area contributed by atoms with E-state index in [-0.39, 0.29) is 5.82 Å². The van der Waals surface area contributed by atoms with Crippen LogP contribution in [-0.2, 0) is 4.79 Å². The van der Waals surface area contributed by atoms with Gasteiger partial charge in [-0.3, -0.25) is 5.10 Å². The molecule has 0 bridgehead atoms. The lowest BCUT2D eigenvalue weighted by molar-refractivity contribution is -0.192. The number of H-pyrrole nitrogens is 1. The molecule has 196 valence electrons. The van der Waals surface area contributed by atoms with Crippen molar-refractivity contribution in [3.05, 3.63) is 47.7 Å². The molecule has 37 heavy (non-hydrogen) atoms. The Morgan fingerprint density at radius 2 is 1.86 bits per heavy atom. The summed E-state index contributed by atoms with van der Waals surface area (Å²) in [6.45, 7) is 5.90. The maximum atomic E-state index is 14.5. The van der Waals surface area contributed by atoms with E-state index in [0.717, 1.165) is 48.6 Å². The Kier molecular flexibility index (Phi) is 6.40. The van der Waals surface area contributed by atoms with Gasteiger partial charge in [0.25, 0.3) is 0 Å². The van der Waals surface area contributed by atoms with E-state index in [0.29, 0.717) is 17.3 Å². The zero-order valence-electron chi connectivity index (χ0n) is 19.9. The lowest BCUT2D eigenvalue weighted by Crippen LogP contribution is -2.43. The van der Waals surface area contributed by atoms with Crippen LogP contribution < -0.4 is 15.5 Å². The molecule has 0 atom stereocenters. The number of fused-ring (bicyclic) bond motifs is 2. The maximum absolute atomic E-state index is 14.5. The van der Waals surface area contributed by atoms with Gasteiger partial charge in [0, 0.05) is 55.7 Å². The summed E-state index contributed by atoms with van der Waals surface area (Å²) in [5, 5.41) is 22.7. The summed E-state index contributed by atoms with van der Waals surface area (Å²) in [6.07, 6.45) is 1.01. The average Bonchev–Trinajstić information content (AvgIpc) is 3.52. The topological polar surface area (TPSA) is 111 Å². The van der Waals surface area contributed by atoms with Crippen LogP contribution in [0.25, 0.3) is 16.6 Å². The number of aliphatic carboxylic acids is 1. The summed E-state index contributed by atoms with van der Waals surface area (Å²) >= 11 is 0. The highest BCUT2D eigenvalue weighted by molar-refractivity contribution is 5.97. The molecule has 4 aromatic rings. The fourth-order valence-electron chi connectivity index (χ4n) is 4.47. The van der Waals surface area contributed by atoms with Gasteiger partial charge >= 0.3 is 12.1 Å². The van der Waals surface area contributed by atoms with Crippen LogP contribution in [0.2, 0.25) is 0 Å². The van der Waals surface area contributed by atoms with E-state index in [9.17, 15) is 17.6 Å². The number of aromatic nitrogens is 4. The molecule has 1 saturated heterocycles. The molecule has 0 radical (unpaired) electrons. The molecule has 1 aliphatic carbocycles. The van der Waals surface area contributed by atoms with Crippen molar-refractivity contribution in [1.82, 2.24) is 24.9 Å². The Bertz CT molecular complexity index is 1450. The minimum Gasteiger partial charge on any atom is -0.475 e. The van der Waals surface area contributed by atoms with E-state index in [4.69, 9.17) is 9.90 Å². The van der Waals surface area contributed by atoms with Crippen LogP contribution in [0.4, 0.5) is 34.8 Å². The van der Waals surface area contributed by atoms with E-state index in [1.54, 1.807) is 4.40 Å². The van der Waals surface area contributed by atoms with Gasteiger partial charge in [0.1, 0.15) is 0 Å². The number of halogens is 4. The SMILES string of the molecule is Cc1cn2cc(Nc3n[nH]c4cc(N5CCNCC5)cc(C5CC5)c34)cc(F)c2n1.O=C(O)C(F)(F)F. The Hall–Kier alpha value is -3.87. The Morgan fingerprint density at radius 1 is 1.16 bits per heavy atom. The Morgan fingerprint density at radius 3 is 2.51 bits per heavy atom. The number of pyridine rings is 1. The van der Waals surface area contributed by atoms with Crippen LogP contribution in [0.5, 0.6) is 0 Å². The quantitative estimate of drug-likeness (QED) is 0.297. The van der Waals surface area contributed by atoms with Gasteiger partial charge in [0.15, 0.2) is 17.3 Å². The first-order valence-corrected chi connectivity index (χ1v) is 11.8. The number of nitrogens with zero attached hydrogens (tertiary/aromatic N) is 4. The van der Waals surface area contributed by atoms with Crippen molar-refractivity contribution in [2.45, 2.75) is 31.9 Å². The smallest absolute Gasteiger partial charge is 0.475 e. The van der Waals surface area contributed by atoms with Gasteiger partial charge < -0.3 is 25.0 Å². The number of hydrogen-bond donors (Lipinski definition) is 4. The third-order valence-electron chi connectivity index (χ3n) is 6.31. The predicted octanol–water partition coefficient (Wildman–Crippen LogP) is 4.32. The number of aromatic amines is 1. The molecule has 1 aromatic carbocycles. The molecular weight excluding hydrogens is 494 g/mol. The second-order valence-corrected chi connectivity index (χ2v) is 9.16. The van der Waals surface area contributed by atoms with E-state index < -0.39 is 12.1 Å². The Labute approximate surface area is 208 Å². The number of piperazine rings is 1. The fourth-order valence-corrected chi connectivity index (χ4v) is 4.47. The van der Waals surface area contributed by atoms with Crippen LogP contribution >= 0.6 is 0 Å². The van der Waals surface area contributed by atoms with Crippen molar-refractivity contribution >= 4 is 39.7 Å². The van der Waals surface area contributed by atoms with Crippen molar-refractivity contribution in [2.24, 2.45) is 0 Å². The molecule has 1 aliphatic heterocycles. The van der Waals surface area contributed by atoms with Gasteiger partial charge in [0.2, 0.25) is 0 Å². The first-order valence-electron chi connectivity index (χ1n) is 11.8. The minimum absolute atomic E-state index is 0.337. The number of hydrogen-bond acceptors (Lipinski definition) is 6. The van der Waals surface area contributed by atoms with E-state index in [1.807, 2.05) is 19.3 Å². The highest BCUT2D eigenvalue weighted by Gasteiger charge is 2.38. The Balaban J connectivity index is 0.000000355. The first kappa shape index (κ1) is 24.8. The zero-order chi connectivity index (χ0) is 26.3. The van der Waals surface area contributed by atoms with Gasteiger partial charge in [0.05, 0.1) is 16.9 Å². The number of carbonyl (C=O) groups is 1. The molecule has 4 heterocycles. The summed E-state index contributed by atoms with van der Waals surface area (Å²) in [4.78, 5) is 15.6. The normalized spacial score (nSPS) is 16.1. The van der Waals surface area contributed by atoms with Crippen molar-refractivity contribution in [3.63, 3.8) is 0 Å². The number of benzene rings is 1. The average molecular weight is 520 g/mol. The van der Waals surface area contributed by atoms with Crippen molar-refractivity contribution in [3.8, 4) is 0 Å². The second-order valence-electron chi connectivity index (χ2n) is 9.16. The summed E-state index contributed by atoms with van der Waals surface area (Å²) in [5.41, 5.74) is 5.38.